The predicted molar refractivity (Wildman–Crippen MR) is 86.6 cm³/mol. The lowest BCUT2D eigenvalue weighted by Gasteiger charge is -2.16. The number of ether oxygens (including phenoxy) is 1. The van der Waals surface area contributed by atoms with Crippen molar-refractivity contribution in [3.8, 4) is 5.75 Å². The highest BCUT2D eigenvalue weighted by Crippen LogP contribution is 2.26. The molecule has 106 valence electrons. The maximum absolute atomic E-state index is 5.42. The molecular weight excluding hydrogens is 302 g/mol. The molecule has 0 aliphatic heterocycles. The molecule has 0 aromatic heterocycles. The van der Waals surface area contributed by atoms with Crippen LogP contribution in [0.3, 0.4) is 0 Å². The topological polar surface area (TPSA) is 21.3 Å². The van der Waals surface area contributed by atoms with Gasteiger partial charge in [0.1, 0.15) is 5.75 Å². The summed E-state index contributed by atoms with van der Waals surface area (Å²) in [5, 5.41) is 3.48. The highest BCUT2D eigenvalue weighted by Gasteiger charge is 2.07. The minimum atomic E-state index is 0.492. The lowest BCUT2D eigenvalue weighted by atomic mass is 9.99. The van der Waals surface area contributed by atoms with Crippen LogP contribution in [-0.4, -0.2) is 19.7 Å². The highest BCUT2D eigenvalue weighted by atomic mass is 79.9. The van der Waals surface area contributed by atoms with Crippen LogP contribution in [0.4, 0.5) is 0 Å². The van der Waals surface area contributed by atoms with E-state index < -0.39 is 0 Å². The largest absolute Gasteiger partial charge is 0.496 e. The van der Waals surface area contributed by atoms with Gasteiger partial charge in [0.25, 0.3) is 0 Å². The zero-order chi connectivity index (χ0) is 14.4. The van der Waals surface area contributed by atoms with Crippen molar-refractivity contribution in [2.24, 2.45) is 5.92 Å². The molecule has 0 radical (unpaired) electrons. The molecule has 0 atom stereocenters. The molecule has 2 nitrogen and oxygen atoms in total. The van der Waals surface area contributed by atoms with Gasteiger partial charge in [-0.3, -0.25) is 0 Å². The van der Waals surface area contributed by atoms with Crippen molar-refractivity contribution in [2.75, 3.05) is 13.7 Å². The maximum atomic E-state index is 5.42. The fourth-order valence-corrected chi connectivity index (χ4v) is 2.14. The standard InChI is InChI=1S/C16H24BrNO/c1-11(2)14(10-18-12(3)4)8-13-9-15(17)6-7-16(13)19-5/h6-9,11-12,18H,10H2,1-5H3. The van der Waals surface area contributed by atoms with Crippen molar-refractivity contribution in [1.29, 1.82) is 0 Å². The van der Waals surface area contributed by atoms with Gasteiger partial charge in [0.15, 0.2) is 0 Å². The van der Waals surface area contributed by atoms with E-state index >= 15 is 0 Å². The molecule has 0 saturated heterocycles. The first-order chi connectivity index (χ1) is 8.93. The molecule has 0 bridgehead atoms. The van der Waals surface area contributed by atoms with E-state index in [1.807, 2.05) is 12.1 Å². The summed E-state index contributed by atoms with van der Waals surface area (Å²) in [6.07, 6.45) is 2.23. The molecule has 1 aromatic carbocycles. The number of hydrogen-bond donors (Lipinski definition) is 1. The quantitative estimate of drug-likeness (QED) is 0.831. The molecule has 0 saturated carbocycles. The van der Waals surface area contributed by atoms with E-state index in [0.717, 1.165) is 22.3 Å². The van der Waals surface area contributed by atoms with E-state index in [4.69, 9.17) is 4.74 Å². The summed E-state index contributed by atoms with van der Waals surface area (Å²) in [4.78, 5) is 0. The van der Waals surface area contributed by atoms with Crippen LogP contribution in [0.15, 0.2) is 28.2 Å². The Labute approximate surface area is 125 Å². The molecule has 0 aliphatic carbocycles. The first-order valence-corrected chi connectivity index (χ1v) is 7.50. The number of benzene rings is 1. The Balaban J connectivity index is 3.03. The van der Waals surface area contributed by atoms with Gasteiger partial charge in [-0.1, -0.05) is 55.3 Å². The second-order valence-corrected chi connectivity index (χ2v) is 6.21. The second kappa shape index (κ2) is 7.71. The molecule has 0 fully saturated rings. The number of rotatable bonds is 6. The van der Waals surface area contributed by atoms with Crippen LogP contribution < -0.4 is 10.1 Å². The zero-order valence-corrected chi connectivity index (χ0v) is 14.0. The van der Waals surface area contributed by atoms with Gasteiger partial charge in [0, 0.05) is 22.6 Å². The Morgan fingerprint density at radius 3 is 2.53 bits per heavy atom. The monoisotopic (exact) mass is 325 g/mol. The van der Waals surface area contributed by atoms with E-state index in [-0.39, 0.29) is 0 Å². The van der Waals surface area contributed by atoms with Crippen molar-refractivity contribution in [1.82, 2.24) is 5.32 Å². The third-order valence-corrected chi connectivity index (χ3v) is 3.48. The van der Waals surface area contributed by atoms with Crippen LogP contribution in [-0.2, 0) is 0 Å². The maximum Gasteiger partial charge on any atom is 0.126 e. The van der Waals surface area contributed by atoms with Gasteiger partial charge in [-0.15, -0.1) is 0 Å². The van der Waals surface area contributed by atoms with Crippen LogP contribution in [0, 0.1) is 5.92 Å². The first kappa shape index (κ1) is 16.3. The molecule has 19 heavy (non-hydrogen) atoms. The average Bonchev–Trinajstić information content (AvgIpc) is 2.34. The summed E-state index contributed by atoms with van der Waals surface area (Å²) in [5.41, 5.74) is 2.50. The van der Waals surface area contributed by atoms with Crippen molar-refractivity contribution in [2.45, 2.75) is 33.7 Å². The SMILES string of the molecule is COc1ccc(Br)cc1C=C(CNC(C)C)C(C)C. The molecular formula is C16H24BrNO. The summed E-state index contributed by atoms with van der Waals surface area (Å²) in [6, 6.07) is 6.57. The van der Waals surface area contributed by atoms with E-state index in [2.05, 4.69) is 61.1 Å². The van der Waals surface area contributed by atoms with Gasteiger partial charge in [-0.05, 0) is 24.1 Å². The molecule has 1 N–H and O–H groups in total. The van der Waals surface area contributed by atoms with Crippen molar-refractivity contribution < 1.29 is 4.74 Å². The highest BCUT2D eigenvalue weighted by molar-refractivity contribution is 9.10. The fourth-order valence-electron chi connectivity index (χ4n) is 1.76. The summed E-state index contributed by atoms with van der Waals surface area (Å²) >= 11 is 3.51. The summed E-state index contributed by atoms with van der Waals surface area (Å²) in [6.45, 7) is 9.68. The van der Waals surface area contributed by atoms with Crippen molar-refractivity contribution >= 4 is 22.0 Å². The van der Waals surface area contributed by atoms with Crippen LogP contribution >= 0.6 is 15.9 Å². The normalized spacial score (nSPS) is 12.3. The van der Waals surface area contributed by atoms with E-state index in [0.29, 0.717) is 12.0 Å². The van der Waals surface area contributed by atoms with Crippen molar-refractivity contribution in [3.63, 3.8) is 0 Å². The van der Waals surface area contributed by atoms with Gasteiger partial charge >= 0.3 is 0 Å². The van der Waals surface area contributed by atoms with Gasteiger partial charge in [-0.25, -0.2) is 0 Å². The number of hydrogen-bond acceptors (Lipinski definition) is 2. The summed E-state index contributed by atoms with van der Waals surface area (Å²) < 4.78 is 6.49. The predicted octanol–water partition coefficient (Wildman–Crippen LogP) is 4.50. The third kappa shape index (κ3) is 5.37. The summed E-state index contributed by atoms with van der Waals surface area (Å²) in [7, 11) is 1.71. The molecule has 0 unspecified atom stereocenters. The van der Waals surface area contributed by atoms with Gasteiger partial charge in [-0.2, -0.15) is 0 Å². The summed E-state index contributed by atoms with van der Waals surface area (Å²) in [5.74, 6) is 1.42. The van der Waals surface area contributed by atoms with E-state index in [1.54, 1.807) is 7.11 Å². The zero-order valence-electron chi connectivity index (χ0n) is 12.5. The van der Waals surface area contributed by atoms with Crippen LogP contribution in [0.2, 0.25) is 0 Å². The lowest BCUT2D eigenvalue weighted by Crippen LogP contribution is -2.26. The van der Waals surface area contributed by atoms with E-state index in [9.17, 15) is 0 Å². The molecule has 1 aromatic rings. The Kier molecular flexibility index (Phi) is 6.59. The minimum absolute atomic E-state index is 0.492. The second-order valence-electron chi connectivity index (χ2n) is 5.30. The van der Waals surface area contributed by atoms with E-state index in [1.165, 1.54) is 5.57 Å². The first-order valence-electron chi connectivity index (χ1n) is 6.71. The molecule has 0 aliphatic rings. The molecule has 0 heterocycles. The van der Waals surface area contributed by atoms with Crippen LogP contribution in [0.25, 0.3) is 6.08 Å². The Hall–Kier alpha value is -0.800. The van der Waals surface area contributed by atoms with Crippen LogP contribution in [0.5, 0.6) is 5.75 Å². The minimum Gasteiger partial charge on any atom is -0.496 e. The van der Waals surface area contributed by atoms with Gasteiger partial charge < -0.3 is 10.1 Å². The Morgan fingerprint density at radius 2 is 2.00 bits per heavy atom. The molecule has 0 amide bonds. The Morgan fingerprint density at radius 1 is 1.32 bits per heavy atom. The Bertz CT molecular complexity index is 438. The average molecular weight is 326 g/mol. The van der Waals surface area contributed by atoms with Crippen LogP contribution in [0.1, 0.15) is 33.3 Å². The molecule has 3 heteroatoms. The third-order valence-electron chi connectivity index (χ3n) is 2.99. The lowest BCUT2D eigenvalue weighted by molar-refractivity contribution is 0.413. The van der Waals surface area contributed by atoms with Crippen molar-refractivity contribution in [3.05, 3.63) is 33.8 Å². The number of methoxy groups -OCH3 is 1. The molecule has 0 spiro atoms. The van der Waals surface area contributed by atoms with Gasteiger partial charge in [0.2, 0.25) is 0 Å². The smallest absolute Gasteiger partial charge is 0.126 e. The van der Waals surface area contributed by atoms with Gasteiger partial charge in [0.05, 0.1) is 7.11 Å². The molecule has 1 rings (SSSR count). The fraction of sp³-hybridized carbons (Fsp3) is 0.500. The number of halogens is 1. The number of nitrogens with one attached hydrogen (secondary N) is 1.